The van der Waals surface area contributed by atoms with Gasteiger partial charge in [0, 0.05) is 12.9 Å². The molecule has 3 N–H and O–H groups in total. The Morgan fingerprint density at radius 2 is 2.26 bits per heavy atom. The maximum Gasteiger partial charge on any atom is 0.0835 e. The first kappa shape index (κ1) is 16.8. The van der Waals surface area contributed by atoms with Gasteiger partial charge in [-0.2, -0.15) is 16.9 Å². The van der Waals surface area contributed by atoms with Gasteiger partial charge < -0.3 is 4.74 Å². The Morgan fingerprint density at radius 3 is 2.84 bits per heavy atom. The molecule has 0 aliphatic heterocycles. The predicted octanol–water partition coefficient (Wildman–Crippen LogP) is 2.08. The summed E-state index contributed by atoms with van der Waals surface area (Å²) in [4.78, 5) is 0. The third-order valence-corrected chi connectivity index (χ3v) is 4.37. The zero-order valence-corrected chi connectivity index (χ0v) is 13.3. The number of thioether (sulfide) groups is 1. The van der Waals surface area contributed by atoms with Crippen molar-refractivity contribution in [3.05, 3.63) is 16.9 Å². The van der Waals surface area contributed by atoms with Crippen LogP contribution in [-0.2, 0) is 11.3 Å². The molecule has 0 spiro atoms. The average Bonchev–Trinajstić information content (AvgIpc) is 2.73. The van der Waals surface area contributed by atoms with E-state index in [1.54, 1.807) is 13.3 Å². The number of ether oxygens (including phenoxy) is 1. The summed E-state index contributed by atoms with van der Waals surface area (Å²) in [5.41, 5.74) is 3.76. The zero-order valence-electron chi connectivity index (χ0n) is 11.7. The third-order valence-electron chi connectivity index (χ3n) is 2.61. The normalized spacial score (nSPS) is 13.2. The number of nitrogens with one attached hydrogen (secondary N) is 1. The number of nitrogens with zero attached hydrogens (tertiary/aromatic N) is 2. The fourth-order valence-electron chi connectivity index (χ4n) is 1.70. The van der Waals surface area contributed by atoms with Crippen LogP contribution in [0.4, 0.5) is 0 Å². The summed E-state index contributed by atoms with van der Waals surface area (Å²) in [6.45, 7) is 5.68. The fraction of sp³-hybridized carbons (Fsp3) is 0.750. The van der Waals surface area contributed by atoms with Gasteiger partial charge in [0.2, 0.25) is 0 Å². The minimum Gasteiger partial charge on any atom is -0.383 e. The van der Waals surface area contributed by atoms with Gasteiger partial charge in [-0.25, -0.2) is 0 Å². The molecule has 0 saturated carbocycles. The number of aromatic nitrogens is 2. The van der Waals surface area contributed by atoms with E-state index in [1.807, 2.05) is 16.4 Å². The molecule has 1 aromatic rings. The van der Waals surface area contributed by atoms with Crippen molar-refractivity contribution < 1.29 is 4.74 Å². The highest BCUT2D eigenvalue weighted by Crippen LogP contribution is 2.25. The van der Waals surface area contributed by atoms with Crippen molar-refractivity contribution in [2.75, 3.05) is 25.2 Å². The van der Waals surface area contributed by atoms with Gasteiger partial charge in [-0.3, -0.25) is 16.0 Å². The number of hydrogen-bond donors (Lipinski definition) is 2. The van der Waals surface area contributed by atoms with Crippen molar-refractivity contribution in [1.82, 2.24) is 15.2 Å². The van der Waals surface area contributed by atoms with Crippen LogP contribution in [0.15, 0.2) is 6.20 Å². The number of nitrogens with two attached hydrogens (primary N) is 1. The van der Waals surface area contributed by atoms with E-state index >= 15 is 0 Å². The Morgan fingerprint density at radius 1 is 1.53 bits per heavy atom. The summed E-state index contributed by atoms with van der Waals surface area (Å²) in [6.07, 6.45) is 1.66. The highest BCUT2D eigenvalue weighted by molar-refractivity contribution is 7.99. The van der Waals surface area contributed by atoms with E-state index in [0.717, 1.165) is 17.2 Å². The SMILES string of the molecule is COCCn1ncc(Cl)c1C(CSCC(C)C)NN. The maximum atomic E-state index is 6.21. The molecule has 0 aliphatic carbocycles. The van der Waals surface area contributed by atoms with Crippen LogP contribution in [0.5, 0.6) is 0 Å². The van der Waals surface area contributed by atoms with Crippen LogP contribution in [0, 0.1) is 5.92 Å². The summed E-state index contributed by atoms with van der Waals surface area (Å²) in [5.74, 6) is 8.28. The van der Waals surface area contributed by atoms with Crippen molar-refractivity contribution in [1.29, 1.82) is 0 Å². The molecule has 1 aromatic heterocycles. The fourth-order valence-corrected chi connectivity index (χ4v) is 3.07. The van der Waals surface area contributed by atoms with Gasteiger partial charge in [-0.15, -0.1) is 0 Å². The zero-order chi connectivity index (χ0) is 14.3. The molecular formula is C12H23ClN4OS. The standard InChI is InChI=1S/C12H23ClN4OS/c1-9(2)7-19-8-11(16-14)12-10(13)6-15-17(12)4-5-18-3/h6,9,11,16H,4-5,7-8,14H2,1-3H3. The van der Waals surface area contributed by atoms with E-state index in [9.17, 15) is 0 Å². The topological polar surface area (TPSA) is 65.1 Å². The van der Waals surface area contributed by atoms with E-state index < -0.39 is 0 Å². The lowest BCUT2D eigenvalue weighted by Crippen LogP contribution is -2.32. The molecule has 0 radical (unpaired) electrons. The van der Waals surface area contributed by atoms with E-state index in [0.29, 0.717) is 24.1 Å². The number of hydrazine groups is 1. The molecule has 0 aliphatic rings. The van der Waals surface area contributed by atoms with Crippen molar-refractivity contribution >= 4 is 23.4 Å². The second-order valence-corrected chi connectivity index (χ2v) is 6.23. The van der Waals surface area contributed by atoms with Crippen LogP contribution < -0.4 is 11.3 Å². The van der Waals surface area contributed by atoms with Crippen LogP contribution in [0.25, 0.3) is 0 Å². The highest BCUT2D eigenvalue weighted by atomic mass is 35.5. The van der Waals surface area contributed by atoms with E-state index in [-0.39, 0.29) is 6.04 Å². The minimum atomic E-state index is -0.00407. The highest BCUT2D eigenvalue weighted by Gasteiger charge is 2.19. The quantitative estimate of drug-likeness (QED) is 0.540. The largest absolute Gasteiger partial charge is 0.383 e. The first-order chi connectivity index (χ1) is 9.10. The molecule has 1 unspecified atom stereocenters. The maximum absolute atomic E-state index is 6.21. The first-order valence-electron chi connectivity index (χ1n) is 6.34. The number of halogens is 1. The van der Waals surface area contributed by atoms with Crippen molar-refractivity contribution in [2.45, 2.75) is 26.4 Å². The molecule has 0 amide bonds. The summed E-state index contributed by atoms with van der Waals surface area (Å²) in [6, 6.07) is -0.00407. The second-order valence-electron chi connectivity index (χ2n) is 4.74. The van der Waals surface area contributed by atoms with Crippen LogP contribution >= 0.6 is 23.4 Å². The Hall–Kier alpha value is -0.270. The Labute approximate surface area is 124 Å². The smallest absolute Gasteiger partial charge is 0.0835 e. The molecule has 110 valence electrons. The van der Waals surface area contributed by atoms with Crippen molar-refractivity contribution in [3.8, 4) is 0 Å². The van der Waals surface area contributed by atoms with E-state index in [4.69, 9.17) is 22.2 Å². The molecule has 0 saturated heterocycles. The van der Waals surface area contributed by atoms with Gasteiger partial charge in [0.1, 0.15) is 0 Å². The minimum absolute atomic E-state index is 0.00407. The monoisotopic (exact) mass is 306 g/mol. The molecule has 19 heavy (non-hydrogen) atoms. The van der Waals surface area contributed by atoms with Gasteiger partial charge >= 0.3 is 0 Å². The van der Waals surface area contributed by atoms with Crippen LogP contribution in [-0.4, -0.2) is 35.0 Å². The lowest BCUT2D eigenvalue weighted by Gasteiger charge is -2.18. The lowest BCUT2D eigenvalue weighted by molar-refractivity contribution is 0.182. The van der Waals surface area contributed by atoms with Crippen LogP contribution in [0.2, 0.25) is 5.02 Å². The van der Waals surface area contributed by atoms with Gasteiger partial charge in [-0.05, 0) is 11.7 Å². The molecule has 7 heteroatoms. The van der Waals surface area contributed by atoms with Gasteiger partial charge in [-0.1, -0.05) is 25.4 Å². The van der Waals surface area contributed by atoms with Crippen LogP contribution in [0.1, 0.15) is 25.6 Å². The number of rotatable bonds is 9. The van der Waals surface area contributed by atoms with E-state index in [2.05, 4.69) is 24.4 Å². The summed E-state index contributed by atoms with van der Waals surface area (Å²) in [5, 5.41) is 4.91. The predicted molar refractivity (Wildman–Crippen MR) is 81.3 cm³/mol. The molecule has 0 aromatic carbocycles. The molecule has 5 nitrogen and oxygen atoms in total. The first-order valence-corrected chi connectivity index (χ1v) is 7.87. The Kier molecular flexibility index (Phi) is 7.78. The number of hydrogen-bond acceptors (Lipinski definition) is 5. The lowest BCUT2D eigenvalue weighted by atomic mass is 10.2. The van der Waals surface area contributed by atoms with Gasteiger partial charge in [0.05, 0.1) is 36.1 Å². The average molecular weight is 307 g/mol. The molecule has 1 atom stereocenters. The summed E-state index contributed by atoms with van der Waals surface area (Å²) < 4.78 is 6.93. The molecule has 0 fully saturated rings. The second kappa shape index (κ2) is 8.81. The summed E-state index contributed by atoms with van der Waals surface area (Å²) in [7, 11) is 1.67. The Bertz CT molecular complexity index is 373. The van der Waals surface area contributed by atoms with Crippen molar-refractivity contribution in [2.24, 2.45) is 11.8 Å². The summed E-state index contributed by atoms with van der Waals surface area (Å²) >= 11 is 8.07. The third kappa shape index (κ3) is 5.31. The number of methoxy groups -OCH3 is 1. The van der Waals surface area contributed by atoms with Crippen molar-refractivity contribution in [3.63, 3.8) is 0 Å². The molecule has 1 rings (SSSR count). The van der Waals surface area contributed by atoms with Gasteiger partial charge in [0.25, 0.3) is 0 Å². The Balaban J connectivity index is 2.70. The molecular weight excluding hydrogens is 284 g/mol. The van der Waals surface area contributed by atoms with Crippen LogP contribution in [0.3, 0.4) is 0 Å². The molecule has 0 bridgehead atoms. The molecule has 1 heterocycles. The van der Waals surface area contributed by atoms with Gasteiger partial charge in [0.15, 0.2) is 0 Å². The van der Waals surface area contributed by atoms with E-state index in [1.165, 1.54) is 0 Å².